The van der Waals surface area contributed by atoms with Gasteiger partial charge in [-0.2, -0.15) is 0 Å². The first-order valence-electron chi connectivity index (χ1n) is 6.33. The predicted octanol–water partition coefficient (Wildman–Crippen LogP) is 2.44. The smallest absolute Gasteiger partial charge is 0.306 e. The van der Waals surface area contributed by atoms with Crippen molar-refractivity contribution in [3.05, 3.63) is 34.9 Å². The monoisotopic (exact) mass is 281 g/mol. The third-order valence-corrected chi connectivity index (χ3v) is 3.35. The SMILES string of the molecule is O=C1CCC(CCC(=O)OCc2ccc(Cl)cc2)N1. The van der Waals surface area contributed by atoms with E-state index in [0.717, 1.165) is 12.0 Å². The van der Waals surface area contributed by atoms with E-state index in [4.69, 9.17) is 16.3 Å². The van der Waals surface area contributed by atoms with Crippen LogP contribution < -0.4 is 5.32 Å². The predicted molar refractivity (Wildman–Crippen MR) is 71.6 cm³/mol. The van der Waals surface area contributed by atoms with Crippen LogP contribution in [-0.2, 0) is 20.9 Å². The molecule has 102 valence electrons. The van der Waals surface area contributed by atoms with Crippen molar-refractivity contribution in [2.45, 2.75) is 38.3 Å². The summed E-state index contributed by atoms with van der Waals surface area (Å²) in [5, 5.41) is 3.49. The summed E-state index contributed by atoms with van der Waals surface area (Å²) in [4.78, 5) is 22.6. The number of amides is 1. The van der Waals surface area contributed by atoms with Gasteiger partial charge in [0.15, 0.2) is 0 Å². The maximum Gasteiger partial charge on any atom is 0.306 e. The van der Waals surface area contributed by atoms with Gasteiger partial charge in [-0.3, -0.25) is 9.59 Å². The van der Waals surface area contributed by atoms with Crippen LogP contribution in [0.2, 0.25) is 5.02 Å². The molecule has 0 aliphatic carbocycles. The van der Waals surface area contributed by atoms with Crippen molar-refractivity contribution in [2.24, 2.45) is 0 Å². The zero-order valence-electron chi connectivity index (χ0n) is 10.5. The summed E-state index contributed by atoms with van der Waals surface area (Å²) in [6, 6.07) is 7.30. The molecule has 0 aromatic heterocycles. The third kappa shape index (κ3) is 4.56. The van der Waals surface area contributed by atoms with E-state index in [1.54, 1.807) is 12.1 Å². The number of esters is 1. The summed E-state index contributed by atoms with van der Waals surface area (Å²) >= 11 is 5.77. The van der Waals surface area contributed by atoms with E-state index in [9.17, 15) is 9.59 Å². The zero-order valence-corrected chi connectivity index (χ0v) is 11.3. The van der Waals surface area contributed by atoms with Crippen LogP contribution in [0.25, 0.3) is 0 Å². The molecule has 1 heterocycles. The van der Waals surface area contributed by atoms with Crippen LogP contribution in [0.15, 0.2) is 24.3 Å². The Morgan fingerprint density at radius 2 is 2.11 bits per heavy atom. The van der Waals surface area contributed by atoms with Gasteiger partial charge in [0.1, 0.15) is 6.61 Å². The van der Waals surface area contributed by atoms with Gasteiger partial charge in [0.25, 0.3) is 0 Å². The first-order chi connectivity index (χ1) is 9.13. The number of carbonyl (C=O) groups is 2. The standard InChI is InChI=1S/C14H16ClNO3/c15-11-3-1-10(2-4-11)9-19-14(18)8-6-12-5-7-13(17)16-12/h1-4,12H,5-9H2,(H,16,17). The second-order valence-corrected chi connectivity index (χ2v) is 5.07. The molecule has 1 atom stereocenters. The van der Waals surface area contributed by atoms with Crippen molar-refractivity contribution in [1.82, 2.24) is 5.32 Å². The van der Waals surface area contributed by atoms with Gasteiger partial charge in [-0.05, 0) is 30.5 Å². The molecule has 2 rings (SSSR count). The summed E-state index contributed by atoms with van der Waals surface area (Å²) in [6.07, 6.45) is 2.34. The Labute approximate surface area is 117 Å². The topological polar surface area (TPSA) is 55.4 Å². The minimum Gasteiger partial charge on any atom is -0.461 e. The van der Waals surface area contributed by atoms with Gasteiger partial charge in [-0.1, -0.05) is 23.7 Å². The first kappa shape index (κ1) is 13.9. The molecular formula is C14H16ClNO3. The number of rotatable bonds is 5. The second kappa shape index (κ2) is 6.57. The Kier molecular flexibility index (Phi) is 4.80. The van der Waals surface area contributed by atoms with Gasteiger partial charge >= 0.3 is 5.97 Å². The highest BCUT2D eigenvalue weighted by atomic mass is 35.5. The molecule has 5 heteroatoms. The van der Waals surface area contributed by atoms with Crippen molar-refractivity contribution in [3.63, 3.8) is 0 Å². The van der Waals surface area contributed by atoms with E-state index >= 15 is 0 Å². The number of benzene rings is 1. The highest BCUT2D eigenvalue weighted by Crippen LogP contribution is 2.13. The number of carbonyl (C=O) groups excluding carboxylic acids is 2. The van der Waals surface area contributed by atoms with Gasteiger partial charge in [0, 0.05) is 23.9 Å². The summed E-state index contributed by atoms with van der Waals surface area (Å²) < 4.78 is 5.16. The molecule has 1 aliphatic rings. The third-order valence-electron chi connectivity index (χ3n) is 3.09. The van der Waals surface area contributed by atoms with Gasteiger partial charge in [0.2, 0.25) is 5.91 Å². The Morgan fingerprint density at radius 1 is 1.37 bits per heavy atom. The molecule has 1 aromatic rings. The average molecular weight is 282 g/mol. The van der Waals surface area contributed by atoms with Crippen LogP contribution in [-0.4, -0.2) is 17.9 Å². The lowest BCUT2D eigenvalue weighted by Crippen LogP contribution is -2.26. The molecule has 0 saturated carbocycles. The molecule has 0 radical (unpaired) electrons. The van der Waals surface area contributed by atoms with Gasteiger partial charge < -0.3 is 10.1 Å². The van der Waals surface area contributed by atoms with Crippen molar-refractivity contribution in [1.29, 1.82) is 0 Å². The summed E-state index contributed by atoms with van der Waals surface area (Å²) in [6.45, 7) is 0.257. The van der Waals surface area contributed by atoms with Crippen LogP contribution in [0.1, 0.15) is 31.2 Å². The van der Waals surface area contributed by atoms with E-state index < -0.39 is 0 Å². The number of halogens is 1. The number of hydrogen-bond donors (Lipinski definition) is 1. The molecular weight excluding hydrogens is 266 g/mol. The van der Waals surface area contributed by atoms with E-state index in [1.807, 2.05) is 12.1 Å². The fourth-order valence-corrected chi connectivity index (χ4v) is 2.13. The van der Waals surface area contributed by atoms with E-state index in [2.05, 4.69) is 5.32 Å². The van der Waals surface area contributed by atoms with Crippen molar-refractivity contribution < 1.29 is 14.3 Å². The van der Waals surface area contributed by atoms with Crippen LogP contribution in [0.4, 0.5) is 0 Å². The van der Waals surface area contributed by atoms with Crippen LogP contribution in [0.3, 0.4) is 0 Å². The lowest BCUT2D eigenvalue weighted by molar-refractivity contribution is -0.145. The maximum absolute atomic E-state index is 11.6. The molecule has 1 fully saturated rings. The Balaban J connectivity index is 1.67. The molecule has 0 spiro atoms. The van der Waals surface area contributed by atoms with Crippen molar-refractivity contribution in [3.8, 4) is 0 Å². The zero-order chi connectivity index (χ0) is 13.7. The molecule has 1 aromatic carbocycles. The molecule has 19 heavy (non-hydrogen) atoms. The van der Waals surface area contributed by atoms with Crippen LogP contribution >= 0.6 is 11.6 Å². The quantitative estimate of drug-likeness (QED) is 0.844. The largest absolute Gasteiger partial charge is 0.461 e. The summed E-state index contributed by atoms with van der Waals surface area (Å²) in [7, 11) is 0. The lowest BCUT2D eigenvalue weighted by atomic mass is 10.1. The number of nitrogens with one attached hydrogen (secondary N) is 1. The number of ether oxygens (including phenoxy) is 1. The minimum absolute atomic E-state index is 0.0690. The Hall–Kier alpha value is -1.55. The van der Waals surface area contributed by atoms with E-state index in [0.29, 0.717) is 24.3 Å². The van der Waals surface area contributed by atoms with Gasteiger partial charge in [-0.15, -0.1) is 0 Å². The lowest BCUT2D eigenvalue weighted by Gasteiger charge is -2.09. The molecule has 1 aliphatic heterocycles. The molecule has 1 saturated heterocycles. The highest BCUT2D eigenvalue weighted by Gasteiger charge is 2.21. The fraction of sp³-hybridized carbons (Fsp3) is 0.429. The molecule has 1 unspecified atom stereocenters. The van der Waals surface area contributed by atoms with Gasteiger partial charge in [0.05, 0.1) is 0 Å². The van der Waals surface area contributed by atoms with Gasteiger partial charge in [-0.25, -0.2) is 0 Å². The Bertz CT molecular complexity index is 458. The molecule has 0 bridgehead atoms. The minimum atomic E-state index is -0.240. The molecule has 1 amide bonds. The highest BCUT2D eigenvalue weighted by molar-refractivity contribution is 6.30. The molecule has 4 nitrogen and oxygen atoms in total. The normalized spacial score (nSPS) is 18.2. The summed E-state index contributed by atoms with van der Waals surface area (Å²) in [5.41, 5.74) is 0.909. The van der Waals surface area contributed by atoms with Crippen LogP contribution in [0, 0.1) is 0 Å². The second-order valence-electron chi connectivity index (χ2n) is 4.63. The number of hydrogen-bond acceptors (Lipinski definition) is 3. The van der Waals surface area contributed by atoms with E-state index in [-0.39, 0.29) is 24.5 Å². The van der Waals surface area contributed by atoms with Crippen LogP contribution in [0.5, 0.6) is 0 Å². The summed E-state index contributed by atoms with van der Waals surface area (Å²) in [5.74, 6) is -0.171. The van der Waals surface area contributed by atoms with E-state index in [1.165, 1.54) is 0 Å². The fourth-order valence-electron chi connectivity index (χ4n) is 2.00. The maximum atomic E-state index is 11.6. The van der Waals surface area contributed by atoms with Crippen molar-refractivity contribution >= 4 is 23.5 Å². The average Bonchev–Trinajstić information content (AvgIpc) is 2.81. The Morgan fingerprint density at radius 3 is 2.74 bits per heavy atom. The van der Waals surface area contributed by atoms with Crippen molar-refractivity contribution in [2.75, 3.05) is 0 Å². The molecule has 1 N–H and O–H groups in total. The first-order valence-corrected chi connectivity index (χ1v) is 6.71.